The van der Waals surface area contributed by atoms with E-state index in [9.17, 15) is 39.6 Å². The van der Waals surface area contributed by atoms with E-state index in [0.29, 0.717) is 5.57 Å². The lowest BCUT2D eigenvalue weighted by Crippen LogP contribution is -2.71. The molecule has 1 unspecified atom stereocenters. The van der Waals surface area contributed by atoms with Crippen molar-refractivity contribution in [1.82, 2.24) is 15.2 Å². The Hall–Kier alpha value is -5.39. The van der Waals surface area contributed by atoms with Crippen LogP contribution in [0.1, 0.15) is 48.7 Å². The van der Waals surface area contributed by atoms with Crippen molar-refractivity contribution in [3.05, 3.63) is 87.1 Å². The second kappa shape index (κ2) is 14.6. The zero-order valence-corrected chi connectivity index (χ0v) is 30.7. The summed E-state index contributed by atoms with van der Waals surface area (Å²) in [6.07, 6.45) is 4.27. The van der Waals surface area contributed by atoms with Crippen LogP contribution < -0.4 is 11.1 Å². The van der Waals surface area contributed by atoms with Gasteiger partial charge < -0.3 is 40.8 Å². The van der Waals surface area contributed by atoms with Gasteiger partial charge in [0.05, 0.1) is 13.1 Å². The molecule has 7 N–H and O–H groups in total. The third-order valence-corrected chi connectivity index (χ3v) is 11.6. The predicted molar refractivity (Wildman–Crippen MR) is 198 cm³/mol. The largest absolute Gasteiger partial charge is 0.504 e. The summed E-state index contributed by atoms with van der Waals surface area (Å²) in [6.45, 7) is 7.95. The Balaban J connectivity index is 1.14. The van der Waals surface area contributed by atoms with E-state index in [0.717, 1.165) is 75.6 Å². The minimum atomic E-state index is -1.78. The molecule has 1 fully saturated rings. The van der Waals surface area contributed by atoms with E-state index in [4.69, 9.17) is 10.6 Å². The molecule has 15 nitrogen and oxygen atoms in total. The number of carbonyl (C=O) groups is 4. The van der Waals surface area contributed by atoms with Crippen molar-refractivity contribution >= 4 is 63.8 Å². The monoisotopic (exact) mass is 763 g/mol. The van der Waals surface area contributed by atoms with Crippen LogP contribution in [0.25, 0.3) is 6.08 Å². The van der Waals surface area contributed by atoms with Crippen molar-refractivity contribution in [1.29, 1.82) is 0 Å². The molecule has 1 saturated heterocycles. The van der Waals surface area contributed by atoms with Gasteiger partial charge in [-0.3, -0.25) is 14.5 Å². The summed E-state index contributed by atoms with van der Waals surface area (Å²) in [5, 5.41) is 46.7. The number of carboxylic acids is 2. The molecule has 3 aliphatic heterocycles. The fraction of sp³-hybridized carbons (Fsp3) is 0.333. The fourth-order valence-corrected chi connectivity index (χ4v) is 8.32. The average Bonchev–Trinajstić information content (AvgIpc) is 3.55. The molecule has 3 aliphatic rings. The highest BCUT2D eigenvalue weighted by Gasteiger charge is 2.54. The van der Waals surface area contributed by atoms with Crippen LogP contribution in [0.15, 0.2) is 64.3 Å². The number of thiazole rings is 1. The predicted octanol–water partition coefficient (Wildman–Crippen LogP) is 3.27. The standard InChI is InChI=1S/C36H38N6O9S2/c1-4-42(12-11-21-13-25(43)26(44)14-23(21)16-42)15-20-7-5-19(6-8-20)9-10-22-17-52-32-28(31(46)41(32)29(22)33(47)48)39-30(45)27(24-18-53-35(37)38-24)40-51-36(2,3)34(49)50/h5-10,13-14,18,28,32H,4,11-12,15-17H2,1-3H3,(H6-,37,38,39,40,43,44,45,47,48,49,50)/p+1/b10-9-/t28-,32-,42?/m1/s1. The molecular weight excluding hydrogens is 725 g/mol. The number of β-lactam (4-membered cyclic amide) rings is 1. The Morgan fingerprint density at radius 3 is 2.45 bits per heavy atom. The number of nitrogens with two attached hydrogens (primary N) is 1. The van der Waals surface area contributed by atoms with Crippen LogP contribution in [0.4, 0.5) is 5.13 Å². The molecule has 1 aromatic heterocycles. The number of amides is 2. The summed E-state index contributed by atoms with van der Waals surface area (Å²) in [7, 11) is 0. The summed E-state index contributed by atoms with van der Waals surface area (Å²) in [4.78, 5) is 61.0. The zero-order chi connectivity index (χ0) is 38.2. The molecule has 0 radical (unpaired) electrons. The number of anilines is 1. The normalized spacial score (nSPS) is 21.5. The molecule has 278 valence electrons. The van der Waals surface area contributed by atoms with Crippen molar-refractivity contribution < 1.29 is 48.9 Å². The van der Waals surface area contributed by atoms with Gasteiger partial charge in [0.25, 0.3) is 11.8 Å². The highest BCUT2D eigenvalue weighted by Crippen LogP contribution is 2.41. The number of hydrogen-bond acceptors (Lipinski definition) is 12. The first-order chi connectivity index (χ1) is 25.1. The number of phenolic OH excluding ortho intramolecular Hbond substituents is 2. The van der Waals surface area contributed by atoms with Crippen molar-refractivity contribution in [2.75, 3.05) is 24.6 Å². The Kier molecular flexibility index (Phi) is 10.3. The average molecular weight is 764 g/mol. The maximum atomic E-state index is 13.4. The molecule has 4 heterocycles. The number of aromatic hydroxyl groups is 2. The van der Waals surface area contributed by atoms with Crippen molar-refractivity contribution in [3.8, 4) is 11.5 Å². The molecule has 2 amide bonds. The van der Waals surface area contributed by atoms with Gasteiger partial charge in [0.2, 0.25) is 5.60 Å². The molecular formula is C36H39N6O9S2+. The van der Waals surface area contributed by atoms with Crippen molar-refractivity contribution in [2.24, 2.45) is 5.16 Å². The first-order valence-corrected chi connectivity index (χ1v) is 18.6. The highest BCUT2D eigenvalue weighted by molar-refractivity contribution is 8.00. The van der Waals surface area contributed by atoms with Gasteiger partial charge in [-0.1, -0.05) is 41.6 Å². The van der Waals surface area contributed by atoms with Crippen LogP contribution in [0.2, 0.25) is 0 Å². The Bertz CT molecular complexity index is 2080. The topological polar surface area (TPSA) is 225 Å². The number of likely N-dealkylation sites (N-methyl/N-ethyl adjacent to an activating group) is 1. The maximum Gasteiger partial charge on any atom is 0.352 e. The van der Waals surface area contributed by atoms with Crippen LogP contribution in [0, 0.1) is 0 Å². The van der Waals surface area contributed by atoms with Gasteiger partial charge in [0.1, 0.15) is 35.9 Å². The van der Waals surface area contributed by atoms with Gasteiger partial charge in [-0.05, 0) is 49.6 Å². The van der Waals surface area contributed by atoms with E-state index in [1.165, 1.54) is 31.0 Å². The Morgan fingerprint density at radius 2 is 1.83 bits per heavy atom. The third kappa shape index (κ3) is 7.58. The van der Waals surface area contributed by atoms with Crippen LogP contribution in [0.3, 0.4) is 0 Å². The molecule has 6 rings (SSSR count). The fourth-order valence-electron chi connectivity index (χ4n) is 6.46. The maximum absolute atomic E-state index is 13.4. The van der Waals surface area contributed by atoms with Crippen molar-refractivity contribution in [3.63, 3.8) is 0 Å². The number of nitrogen functional groups attached to an aromatic ring is 1. The molecule has 3 aromatic rings. The number of aliphatic carboxylic acids is 2. The molecule has 0 bridgehead atoms. The second-order valence-corrected chi connectivity index (χ2v) is 15.6. The van der Waals surface area contributed by atoms with Gasteiger partial charge in [-0.15, -0.1) is 23.1 Å². The van der Waals surface area contributed by atoms with Crippen molar-refractivity contribution in [2.45, 2.75) is 57.3 Å². The van der Waals surface area contributed by atoms with E-state index in [2.05, 4.69) is 22.4 Å². The number of nitrogens with one attached hydrogen (secondary N) is 1. The van der Waals surface area contributed by atoms with Gasteiger partial charge in [0.15, 0.2) is 22.3 Å². The number of hydrogen-bond donors (Lipinski definition) is 6. The van der Waals surface area contributed by atoms with E-state index < -0.39 is 46.5 Å². The number of allylic oxidation sites excluding steroid dienone is 1. The Morgan fingerprint density at radius 1 is 1.13 bits per heavy atom. The van der Waals surface area contributed by atoms with E-state index in [1.807, 2.05) is 24.3 Å². The lowest BCUT2D eigenvalue weighted by atomic mass is 9.95. The number of rotatable bonds is 12. The quantitative estimate of drug-likeness (QED) is 0.0514. The summed E-state index contributed by atoms with van der Waals surface area (Å²) >= 11 is 2.31. The molecule has 2 aromatic carbocycles. The minimum absolute atomic E-state index is 0.0180. The van der Waals surface area contributed by atoms with Crippen LogP contribution in [-0.4, -0.2) is 100 Å². The number of carboxylic acid groups (broad SMARTS) is 2. The molecule has 17 heteroatoms. The number of oxime groups is 1. The van der Waals surface area contributed by atoms with Crippen LogP contribution in [-0.2, 0) is 43.5 Å². The van der Waals surface area contributed by atoms with E-state index in [-0.39, 0.29) is 33.8 Å². The number of carbonyl (C=O) groups excluding carboxylic acids is 2. The van der Waals surface area contributed by atoms with Gasteiger partial charge >= 0.3 is 11.9 Å². The Labute approximate surface area is 312 Å². The number of thioether (sulfide) groups is 1. The SMILES string of the molecule is CC[N+]1(Cc2ccc(/C=C\C3=C(C(=O)O)N4C(=O)[C@@H](NC(=O)/C(=N\OC(C)(C)C(=O)O)c5csc(N)n5)[C@H]4SC3)cc2)CCc2cc(O)c(O)cc2C1. The van der Waals surface area contributed by atoms with Gasteiger partial charge in [0, 0.05) is 28.7 Å². The molecule has 0 saturated carbocycles. The first kappa shape index (κ1) is 37.4. The number of benzene rings is 2. The minimum Gasteiger partial charge on any atom is -0.504 e. The number of quaternary nitrogens is 1. The smallest absolute Gasteiger partial charge is 0.352 e. The molecule has 53 heavy (non-hydrogen) atoms. The summed E-state index contributed by atoms with van der Waals surface area (Å²) < 4.78 is 0.801. The first-order valence-electron chi connectivity index (χ1n) is 16.7. The summed E-state index contributed by atoms with van der Waals surface area (Å²) in [5.41, 5.74) is 7.88. The van der Waals surface area contributed by atoms with Gasteiger partial charge in [-0.2, -0.15) is 0 Å². The summed E-state index contributed by atoms with van der Waals surface area (Å²) in [6, 6.07) is 10.2. The van der Waals surface area contributed by atoms with Crippen LogP contribution in [0.5, 0.6) is 11.5 Å². The number of nitrogens with zero attached hydrogens (tertiary/aromatic N) is 4. The third-order valence-electron chi connectivity index (χ3n) is 9.65. The van der Waals surface area contributed by atoms with E-state index >= 15 is 0 Å². The lowest BCUT2D eigenvalue weighted by Gasteiger charge is -2.49. The number of phenols is 2. The van der Waals surface area contributed by atoms with Crippen LogP contribution >= 0.6 is 23.1 Å². The molecule has 0 aliphatic carbocycles. The summed E-state index contributed by atoms with van der Waals surface area (Å²) in [5.74, 6) is -4.07. The molecule has 0 spiro atoms. The lowest BCUT2D eigenvalue weighted by molar-refractivity contribution is -0.953. The highest BCUT2D eigenvalue weighted by atomic mass is 32.2. The molecule has 3 atom stereocenters. The second-order valence-electron chi connectivity index (χ2n) is 13.6. The van der Waals surface area contributed by atoms with Gasteiger partial charge in [-0.25, -0.2) is 14.6 Å². The van der Waals surface area contributed by atoms with E-state index in [1.54, 1.807) is 24.3 Å². The number of fused-ring (bicyclic) bond motifs is 2. The zero-order valence-electron chi connectivity index (χ0n) is 29.1. The number of aromatic nitrogens is 1.